The summed E-state index contributed by atoms with van der Waals surface area (Å²) >= 11 is 0. The van der Waals surface area contributed by atoms with Gasteiger partial charge in [0.05, 0.1) is 11.8 Å². The number of nitriles is 1. The predicted octanol–water partition coefficient (Wildman–Crippen LogP) is 0.432. The van der Waals surface area contributed by atoms with Crippen LogP contribution in [0, 0.1) is 11.3 Å². The fourth-order valence-electron chi connectivity index (χ4n) is 0.403. The van der Waals surface area contributed by atoms with Crippen molar-refractivity contribution in [1.29, 1.82) is 5.26 Å². The first-order valence-electron chi connectivity index (χ1n) is 2.97. The first kappa shape index (κ1) is 10.1. The Morgan fingerprint density at radius 2 is 2.27 bits per heavy atom. The molecule has 0 amide bonds. The highest BCUT2D eigenvalue weighted by atomic mass is 32.2. The largest absolute Gasteiger partial charge is 0.268 e. The molecule has 0 aromatic heterocycles. The third-order valence-electron chi connectivity index (χ3n) is 0.875. The van der Waals surface area contributed by atoms with Crippen LogP contribution in [0.5, 0.6) is 0 Å². The molecule has 0 aliphatic rings. The van der Waals surface area contributed by atoms with E-state index in [0.29, 0.717) is 6.42 Å². The summed E-state index contributed by atoms with van der Waals surface area (Å²) in [4.78, 5) is 0. The molecule has 62 valence electrons. The van der Waals surface area contributed by atoms with Crippen LogP contribution in [-0.2, 0) is 14.3 Å². The highest BCUT2D eigenvalue weighted by Crippen LogP contribution is 1.95. The molecule has 0 bridgehead atoms. The van der Waals surface area contributed by atoms with Crippen molar-refractivity contribution in [3.8, 4) is 6.07 Å². The molecule has 0 atom stereocenters. The molecule has 0 saturated carbocycles. The SMILES string of the molecule is C=CCCS(=O)(=O)OCC#N. The molecular formula is C6H9NO3S. The lowest BCUT2D eigenvalue weighted by molar-refractivity contribution is 0.361. The molecule has 0 radical (unpaired) electrons. The van der Waals surface area contributed by atoms with Gasteiger partial charge in [-0.2, -0.15) is 13.7 Å². The number of hydrogen-bond acceptors (Lipinski definition) is 4. The summed E-state index contributed by atoms with van der Waals surface area (Å²) in [7, 11) is -3.50. The van der Waals surface area contributed by atoms with E-state index in [2.05, 4.69) is 10.8 Å². The van der Waals surface area contributed by atoms with Crippen LogP contribution in [0.4, 0.5) is 0 Å². The van der Waals surface area contributed by atoms with Gasteiger partial charge in [0.15, 0.2) is 6.61 Å². The van der Waals surface area contributed by atoms with Crippen molar-refractivity contribution in [2.24, 2.45) is 0 Å². The quantitative estimate of drug-likeness (QED) is 0.449. The third kappa shape index (κ3) is 5.58. The molecule has 0 fully saturated rings. The molecular weight excluding hydrogens is 166 g/mol. The van der Waals surface area contributed by atoms with Gasteiger partial charge in [-0.15, -0.1) is 6.58 Å². The fourth-order valence-corrected chi connectivity index (χ4v) is 1.21. The van der Waals surface area contributed by atoms with Gasteiger partial charge in [0.25, 0.3) is 10.1 Å². The van der Waals surface area contributed by atoms with E-state index < -0.39 is 16.7 Å². The van der Waals surface area contributed by atoms with Gasteiger partial charge < -0.3 is 0 Å². The molecule has 0 aliphatic carbocycles. The Morgan fingerprint density at radius 3 is 2.73 bits per heavy atom. The van der Waals surface area contributed by atoms with E-state index in [4.69, 9.17) is 5.26 Å². The lowest BCUT2D eigenvalue weighted by Crippen LogP contribution is -2.09. The summed E-state index contributed by atoms with van der Waals surface area (Å²) in [5.74, 6) is -0.113. The Hall–Kier alpha value is -0.860. The lowest BCUT2D eigenvalue weighted by Gasteiger charge is -1.97. The summed E-state index contributed by atoms with van der Waals surface area (Å²) in [5, 5.41) is 8.00. The van der Waals surface area contributed by atoms with Crippen LogP contribution in [0.25, 0.3) is 0 Å². The van der Waals surface area contributed by atoms with Crippen LogP contribution in [-0.4, -0.2) is 20.8 Å². The van der Waals surface area contributed by atoms with E-state index in [1.54, 1.807) is 6.07 Å². The van der Waals surface area contributed by atoms with Crippen LogP contribution >= 0.6 is 0 Å². The van der Waals surface area contributed by atoms with Gasteiger partial charge in [-0.05, 0) is 6.42 Å². The lowest BCUT2D eigenvalue weighted by atomic mass is 10.5. The second-order valence-corrected chi connectivity index (χ2v) is 3.52. The summed E-state index contributed by atoms with van der Waals surface area (Å²) in [6.07, 6.45) is 1.82. The minimum absolute atomic E-state index is 0.113. The van der Waals surface area contributed by atoms with E-state index >= 15 is 0 Å². The predicted molar refractivity (Wildman–Crippen MR) is 40.2 cm³/mol. The molecule has 0 N–H and O–H groups in total. The molecule has 0 saturated heterocycles. The molecule has 0 unspecified atom stereocenters. The standard InChI is InChI=1S/C6H9NO3S/c1-2-3-6-11(8,9)10-5-4-7/h2H,1,3,5-6H2. The van der Waals surface area contributed by atoms with E-state index in [9.17, 15) is 8.42 Å². The smallest absolute Gasteiger partial charge is 0.255 e. The van der Waals surface area contributed by atoms with Gasteiger partial charge in [-0.3, -0.25) is 4.18 Å². The van der Waals surface area contributed by atoms with E-state index in [-0.39, 0.29) is 5.75 Å². The van der Waals surface area contributed by atoms with Crippen molar-refractivity contribution in [1.82, 2.24) is 0 Å². The number of allylic oxidation sites excluding steroid dienone is 1. The van der Waals surface area contributed by atoms with E-state index in [0.717, 1.165) is 0 Å². The van der Waals surface area contributed by atoms with Gasteiger partial charge in [0, 0.05) is 0 Å². The van der Waals surface area contributed by atoms with E-state index in [1.165, 1.54) is 6.08 Å². The molecule has 0 heterocycles. The number of nitrogens with zero attached hydrogens (tertiary/aromatic N) is 1. The molecule has 0 aliphatic heterocycles. The van der Waals surface area contributed by atoms with Crippen LogP contribution in [0.1, 0.15) is 6.42 Å². The van der Waals surface area contributed by atoms with Crippen molar-refractivity contribution in [2.75, 3.05) is 12.4 Å². The average Bonchev–Trinajstić information content (AvgIpc) is 1.97. The Morgan fingerprint density at radius 1 is 1.64 bits per heavy atom. The highest BCUT2D eigenvalue weighted by Gasteiger charge is 2.08. The van der Waals surface area contributed by atoms with Crippen molar-refractivity contribution in [2.45, 2.75) is 6.42 Å². The summed E-state index contributed by atoms with van der Waals surface area (Å²) in [5.41, 5.74) is 0. The maximum absolute atomic E-state index is 10.7. The van der Waals surface area contributed by atoms with Gasteiger partial charge in [0.1, 0.15) is 0 Å². The summed E-state index contributed by atoms with van der Waals surface area (Å²) in [6, 6.07) is 1.57. The first-order valence-corrected chi connectivity index (χ1v) is 4.55. The maximum Gasteiger partial charge on any atom is 0.268 e. The summed E-state index contributed by atoms with van der Waals surface area (Å²) in [6.45, 7) is 2.94. The molecule has 0 aromatic rings. The zero-order valence-corrected chi connectivity index (χ0v) is 6.80. The molecule has 0 rings (SSSR count). The topological polar surface area (TPSA) is 67.2 Å². The molecule has 0 aromatic carbocycles. The van der Waals surface area contributed by atoms with Crippen molar-refractivity contribution < 1.29 is 12.6 Å². The zero-order chi connectivity index (χ0) is 8.74. The van der Waals surface area contributed by atoms with Crippen LogP contribution in [0.15, 0.2) is 12.7 Å². The van der Waals surface area contributed by atoms with Gasteiger partial charge in [0.2, 0.25) is 0 Å². The van der Waals surface area contributed by atoms with Crippen molar-refractivity contribution in [3.63, 3.8) is 0 Å². The van der Waals surface area contributed by atoms with Crippen molar-refractivity contribution in [3.05, 3.63) is 12.7 Å². The highest BCUT2D eigenvalue weighted by molar-refractivity contribution is 7.86. The van der Waals surface area contributed by atoms with Gasteiger partial charge in [-0.1, -0.05) is 6.08 Å². The Labute approximate surface area is 66.2 Å². The fraction of sp³-hybridized carbons (Fsp3) is 0.500. The van der Waals surface area contributed by atoms with Crippen LogP contribution in [0.3, 0.4) is 0 Å². The molecule has 4 nitrogen and oxygen atoms in total. The second-order valence-electron chi connectivity index (χ2n) is 1.76. The zero-order valence-electron chi connectivity index (χ0n) is 5.99. The second kappa shape index (κ2) is 4.88. The van der Waals surface area contributed by atoms with Crippen molar-refractivity contribution >= 4 is 10.1 Å². The third-order valence-corrected chi connectivity index (χ3v) is 2.09. The Balaban J connectivity index is 3.83. The Bertz CT molecular complexity index is 249. The maximum atomic E-state index is 10.7. The molecule has 0 spiro atoms. The van der Waals surface area contributed by atoms with Crippen LogP contribution in [0.2, 0.25) is 0 Å². The normalized spacial score (nSPS) is 10.5. The monoisotopic (exact) mass is 175 g/mol. The number of rotatable bonds is 5. The minimum atomic E-state index is -3.50. The molecule has 5 heteroatoms. The van der Waals surface area contributed by atoms with Gasteiger partial charge in [-0.25, -0.2) is 0 Å². The first-order chi connectivity index (χ1) is 5.12. The van der Waals surface area contributed by atoms with E-state index in [1.807, 2.05) is 0 Å². The molecule has 11 heavy (non-hydrogen) atoms. The minimum Gasteiger partial charge on any atom is -0.255 e. The number of hydrogen-bond donors (Lipinski definition) is 0. The van der Waals surface area contributed by atoms with Gasteiger partial charge >= 0.3 is 0 Å². The van der Waals surface area contributed by atoms with Crippen LogP contribution < -0.4 is 0 Å². The average molecular weight is 175 g/mol. The Kier molecular flexibility index (Phi) is 4.50. The summed E-state index contributed by atoms with van der Waals surface area (Å²) < 4.78 is 25.7.